The molecule has 0 saturated heterocycles. The Morgan fingerprint density at radius 2 is 1.68 bits per heavy atom. The molecule has 0 radical (unpaired) electrons. The molecule has 0 bridgehead atoms. The fraction of sp³-hybridized carbons (Fsp3) is 0.158. The van der Waals surface area contributed by atoms with E-state index in [0.717, 1.165) is 22.4 Å². The van der Waals surface area contributed by atoms with Crippen molar-refractivity contribution >= 4 is 11.3 Å². The summed E-state index contributed by atoms with van der Waals surface area (Å²) in [6, 6.07) is 17.0. The molecule has 0 aliphatic heterocycles. The maximum Gasteiger partial charge on any atom is 0.212 e. The van der Waals surface area contributed by atoms with Gasteiger partial charge in [-0.25, -0.2) is 4.85 Å². The summed E-state index contributed by atoms with van der Waals surface area (Å²) >= 11 is 0. The lowest BCUT2D eigenvalue weighted by Gasteiger charge is -2.07. The smallest absolute Gasteiger partial charge is 0.212 e. The number of allylic oxidation sites excluding steroid dienone is 1. The van der Waals surface area contributed by atoms with Gasteiger partial charge >= 0.3 is 0 Å². The van der Waals surface area contributed by atoms with Crippen LogP contribution in [-0.2, 0) is 0 Å². The highest BCUT2D eigenvalue weighted by molar-refractivity contribution is 5.99. The summed E-state index contributed by atoms with van der Waals surface area (Å²) in [4.78, 5) is 3.57. The van der Waals surface area contributed by atoms with Crippen LogP contribution in [0.4, 0.5) is 0 Å². The molecule has 0 unspecified atom stereocenters. The zero-order chi connectivity index (χ0) is 15.9. The minimum Gasteiger partial charge on any atom is -0.494 e. The molecule has 2 aromatic rings. The van der Waals surface area contributed by atoms with Crippen molar-refractivity contribution in [3.63, 3.8) is 0 Å². The summed E-state index contributed by atoms with van der Waals surface area (Å²) in [5.74, 6) is 0.754. The second-order valence-corrected chi connectivity index (χ2v) is 4.77. The highest BCUT2D eigenvalue weighted by atomic mass is 16.5. The standard InChI is InChI=1S/C19H16N2O/c1-4-22-17-11-9-16(10-12-17)19(21-3)18(13-20)15-7-5-14(2)6-8-15/h5-12H,4H2,1-2H3/b19-18-. The SMILES string of the molecule is [C-]#[N+]/C(=C(/C#N)c1ccc(C)cc1)c1ccc(OCC)cc1. The molecule has 2 rings (SSSR count). The Morgan fingerprint density at radius 3 is 2.18 bits per heavy atom. The van der Waals surface area contributed by atoms with Crippen molar-refractivity contribution in [3.05, 3.63) is 76.6 Å². The van der Waals surface area contributed by atoms with Crippen molar-refractivity contribution in [2.24, 2.45) is 0 Å². The Balaban J connectivity index is 2.49. The fourth-order valence-corrected chi connectivity index (χ4v) is 2.11. The molecule has 3 heteroatoms. The van der Waals surface area contributed by atoms with Crippen LogP contribution in [0.3, 0.4) is 0 Å². The zero-order valence-corrected chi connectivity index (χ0v) is 12.6. The lowest BCUT2D eigenvalue weighted by atomic mass is 10.00. The molecule has 0 fully saturated rings. The molecule has 0 spiro atoms. The number of aryl methyl sites for hydroxylation is 1. The molecule has 0 aliphatic carbocycles. The number of hydrogen-bond donors (Lipinski definition) is 0. The molecule has 0 heterocycles. The summed E-state index contributed by atoms with van der Waals surface area (Å²) in [7, 11) is 0. The topological polar surface area (TPSA) is 37.4 Å². The molecule has 0 atom stereocenters. The molecular weight excluding hydrogens is 272 g/mol. The van der Waals surface area contributed by atoms with Crippen molar-refractivity contribution in [2.45, 2.75) is 13.8 Å². The van der Waals surface area contributed by atoms with Gasteiger partial charge in [-0.3, -0.25) is 0 Å². The van der Waals surface area contributed by atoms with Gasteiger partial charge in [-0.2, -0.15) is 5.26 Å². The van der Waals surface area contributed by atoms with Crippen LogP contribution in [0.25, 0.3) is 16.1 Å². The highest BCUT2D eigenvalue weighted by Gasteiger charge is 2.12. The van der Waals surface area contributed by atoms with Crippen molar-refractivity contribution < 1.29 is 4.74 Å². The van der Waals surface area contributed by atoms with Gasteiger partial charge < -0.3 is 4.74 Å². The first-order chi connectivity index (χ1) is 10.7. The van der Waals surface area contributed by atoms with Gasteiger partial charge in [0.2, 0.25) is 5.70 Å². The number of benzene rings is 2. The van der Waals surface area contributed by atoms with Crippen LogP contribution >= 0.6 is 0 Å². The summed E-state index contributed by atoms with van der Waals surface area (Å²) in [6.07, 6.45) is 0. The average molecular weight is 288 g/mol. The summed E-state index contributed by atoms with van der Waals surface area (Å²) in [5, 5.41) is 9.47. The van der Waals surface area contributed by atoms with E-state index in [1.165, 1.54) is 0 Å². The van der Waals surface area contributed by atoms with Crippen molar-refractivity contribution in [2.75, 3.05) is 6.61 Å². The van der Waals surface area contributed by atoms with Crippen LogP contribution in [0.5, 0.6) is 5.75 Å². The third-order valence-corrected chi connectivity index (χ3v) is 3.24. The zero-order valence-electron chi connectivity index (χ0n) is 12.6. The quantitative estimate of drug-likeness (QED) is 0.464. The van der Waals surface area contributed by atoms with E-state index in [-0.39, 0.29) is 0 Å². The summed E-state index contributed by atoms with van der Waals surface area (Å²) in [5.41, 5.74) is 3.34. The molecule has 0 saturated carbocycles. The van der Waals surface area contributed by atoms with Gasteiger partial charge in [0.15, 0.2) is 0 Å². The van der Waals surface area contributed by atoms with Gasteiger partial charge in [0.25, 0.3) is 0 Å². The Hall–Kier alpha value is -3.04. The molecule has 22 heavy (non-hydrogen) atoms. The third kappa shape index (κ3) is 3.34. The van der Waals surface area contributed by atoms with Crippen LogP contribution in [0.15, 0.2) is 48.5 Å². The number of hydrogen-bond acceptors (Lipinski definition) is 2. The predicted molar refractivity (Wildman–Crippen MR) is 87.8 cm³/mol. The van der Waals surface area contributed by atoms with E-state index < -0.39 is 0 Å². The molecule has 0 aromatic heterocycles. The predicted octanol–water partition coefficient (Wildman–Crippen LogP) is 4.70. The number of rotatable bonds is 4. The summed E-state index contributed by atoms with van der Waals surface area (Å²) < 4.78 is 5.40. The number of ether oxygens (including phenoxy) is 1. The van der Waals surface area contributed by atoms with Gasteiger partial charge in [0.05, 0.1) is 24.8 Å². The van der Waals surface area contributed by atoms with Crippen LogP contribution in [-0.4, -0.2) is 6.61 Å². The van der Waals surface area contributed by atoms with Crippen molar-refractivity contribution in [3.8, 4) is 11.8 Å². The van der Waals surface area contributed by atoms with Gasteiger partial charge in [-0.15, -0.1) is 0 Å². The van der Waals surface area contributed by atoms with E-state index in [0.29, 0.717) is 17.9 Å². The molecule has 108 valence electrons. The first kappa shape index (κ1) is 15.4. The minimum atomic E-state index is 0.356. The normalized spacial score (nSPS) is 11.1. The molecule has 0 aliphatic rings. The molecular formula is C19H16N2O. The van der Waals surface area contributed by atoms with Crippen LogP contribution in [0.2, 0.25) is 0 Å². The van der Waals surface area contributed by atoms with Gasteiger partial charge in [-0.1, -0.05) is 42.0 Å². The van der Waals surface area contributed by atoms with E-state index >= 15 is 0 Å². The van der Waals surface area contributed by atoms with Gasteiger partial charge in [0, 0.05) is 0 Å². The Bertz CT molecular complexity index is 757. The van der Waals surface area contributed by atoms with E-state index in [1.807, 2.05) is 62.4 Å². The molecule has 0 N–H and O–H groups in total. The maximum atomic E-state index is 9.47. The lowest BCUT2D eigenvalue weighted by molar-refractivity contribution is 0.340. The number of nitriles is 1. The second kappa shape index (κ2) is 7.11. The van der Waals surface area contributed by atoms with E-state index in [9.17, 15) is 5.26 Å². The first-order valence-corrected chi connectivity index (χ1v) is 7.01. The molecule has 2 aromatic carbocycles. The van der Waals surface area contributed by atoms with Crippen molar-refractivity contribution in [1.82, 2.24) is 0 Å². The van der Waals surface area contributed by atoms with Gasteiger partial charge in [-0.05, 0) is 37.1 Å². The third-order valence-electron chi connectivity index (χ3n) is 3.24. The molecule has 3 nitrogen and oxygen atoms in total. The van der Waals surface area contributed by atoms with Crippen LogP contribution in [0.1, 0.15) is 23.6 Å². The second-order valence-electron chi connectivity index (χ2n) is 4.77. The van der Waals surface area contributed by atoms with Crippen molar-refractivity contribution in [1.29, 1.82) is 5.26 Å². The monoisotopic (exact) mass is 288 g/mol. The maximum absolute atomic E-state index is 9.47. The van der Waals surface area contributed by atoms with Crippen LogP contribution < -0.4 is 4.74 Å². The Kier molecular flexibility index (Phi) is 4.96. The largest absolute Gasteiger partial charge is 0.494 e. The minimum absolute atomic E-state index is 0.356. The fourth-order valence-electron chi connectivity index (χ4n) is 2.11. The van der Waals surface area contributed by atoms with Crippen LogP contribution in [0, 0.1) is 24.8 Å². The Morgan fingerprint density at radius 1 is 1.09 bits per heavy atom. The van der Waals surface area contributed by atoms with E-state index in [2.05, 4.69) is 10.9 Å². The Labute approximate surface area is 130 Å². The molecule has 0 amide bonds. The summed E-state index contributed by atoms with van der Waals surface area (Å²) in [6.45, 7) is 11.9. The van der Waals surface area contributed by atoms with Gasteiger partial charge in [0.1, 0.15) is 5.75 Å². The lowest BCUT2D eigenvalue weighted by Crippen LogP contribution is -1.92. The van der Waals surface area contributed by atoms with E-state index in [4.69, 9.17) is 11.3 Å². The highest BCUT2D eigenvalue weighted by Crippen LogP contribution is 2.28. The average Bonchev–Trinajstić information content (AvgIpc) is 2.55. The van der Waals surface area contributed by atoms with E-state index in [1.54, 1.807) is 0 Å². The number of nitrogens with zero attached hydrogens (tertiary/aromatic N) is 2. The first-order valence-electron chi connectivity index (χ1n) is 7.01.